The van der Waals surface area contributed by atoms with E-state index in [9.17, 15) is 9.59 Å². The van der Waals surface area contributed by atoms with Crippen molar-refractivity contribution in [2.75, 3.05) is 13.7 Å². The summed E-state index contributed by atoms with van der Waals surface area (Å²) in [5, 5.41) is 2.73. The number of likely N-dealkylation sites (N-methyl/N-ethyl adjacent to an activating group) is 1. The van der Waals surface area contributed by atoms with Crippen LogP contribution in [0.25, 0.3) is 0 Å². The predicted molar refractivity (Wildman–Crippen MR) is 139 cm³/mol. The summed E-state index contributed by atoms with van der Waals surface area (Å²) >= 11 is 3.53. The summed E-state index contributed by atoms with van der Waals surface area (Å²) in [5.41, 5.74) is 4.25. The zero-order chi connectivity index (χ0) is 24.5. The van der Waals surface area contributed by atoms with Gasteiger partial charge < -0.3 is 15.0 Å². The van der Waals surface area contributed by atoms with E-state index in [1.54, 1.807) is 11.9 Å². The number of ether oxygens (including phenoxy) is 1. The molecule has 0 aliphatic heterocycles. The SMILES string of the molecule is CCc1ccc(OCC(=O)N(Cc2ccc(C)cc2)C(Cc2ccccc2)C(=O)NC)c(Br)c1. The van der Waals surface area contributed by atoms with E-state index in [0.717, 1.165) is 27.6 Å². The van der Waals surface area contributed by atoms with Gasteiger partial charge in [0.05, 0.1) is 4.47 Å². The van der Waals surface area contributed by atoms with Crippen LogP contribution < -0.4 is 10.1 Å². The minimum Gasteiger partial charge on any atom is -0.483 e. The molecule has 0 heterocycles. The van der Waals surface area contributed by atoms with Gasteiger partial charge in [-0.2, -0.15) is 0 Å². The molecule has 0 fully saturated rings. The number of amides is 2. The highest BCUT2D eigenvalue weighted by Gasteiger charge is 2.30. The Morgan fingerprint density at radius 1 is 0.971 bits per heavy atom. The van der Waals surface area contributed by atoms with Crippen molar-refractivity contribution < 1.29 is 14.3 Å². The number of carbonyl (C=O) groups is 2. The topological polar surface area (TPSA) is 58.6 Å². The van der Waals surface area contributed by atoms with Crippen LogP contribution in [0, 0.1) is 6.92 Å². The van der Waals surface area contributed by atoms with Crippen molar-refractivity contribution in [3.8, 4) is 5.75 Å². The Bertz CT molecular complexity index is 1100. The molecule has 3 aromatic carbocycles. The van der Waals surface area contributed by atoms with Crippen LogP contribution >= 0.6 is 15.9 Å². The van der Waals surface area contributed by atoms with E-state index >= 15 is 0 Å². The van der Waals surface area contributed by atoms with Crippen LogP contribution in [-0.4, -0.2) is 36.4 Å². The van der Waals surface area contributed by atoms with Crippen LogP contribution in [0.3, 0.4) is 0 Å². The van der Waals surface area contributed by atoms with E-state index in [1.807, 2.05) is 79.7 Å². The molecule has 1 unspecified atom stereocenters. The zero-order valence-electron chi connectivity index (χ0n) is 19.9. The first-order valence-corrected chi connectivity index (χ1v) is 12.2. The molecule has 0 bridgehead atoms. The molecule has 1 atom stereocenters. The largest absolute Gasteiger partial charge is 0.483 e. The van der Waals surface area contributed by atoms with Crippen molar-refractivity contribution in [2.45, 2.75) is 39.3 Å². The molecule has 6 heteroatoms. The maximum Gasteiger partial charge on any atom is 0.261 e. The standard InChI is InChI=1S/C28H31BrN2O3/c1-4-21-14-15-26(24(29)16-21)34-19-27(32)31(18-23-12-10-20(2)11-13-23)25(28(33)30-3)17-22-8-6-5-7-9-22/h5-16,25H,4,17-19H2,1-3H3,(H,30,33). The van der Waals surface area contributed by atoms with Gasteiger partial charge in [-0.15, -0.1) is 0 Å². The molecule has 3 aromatic rings. The molecule has 1 N–H and O–H groups in total. The molecule has 2 amide bonds. The average molecular weight is 523 g/mol. The summed E-state index contributed by atoms with van der Waals surface area (Å²) in [6, 6.07) is 22.9. The predicted octanol–water partition coefficient (Wildman–Crippen LogP) is 5.08. The van der Waals surface area contributed by atoms with Gasteiger partial charge >= 0.3 is 0 Å². The van der Waals surface area contributed by atoms with Gasteiger partial charge in [-0.1, -0.05) is 73.2 Å². The van der Waals surface area contributed by atoms with Crippen LogP contribution in [-0.2, 0) is 29.0 Å². The van der Waals surface area contributed by atoms with E-state index in [0.29, 0.717) is 18.7 Å². The lowest BCUT2D eigenvalue weighted by Gasteiger charge is -2.31. The Hall–Kier alpha value is -3.12. The fraction of sp³-hybridized carbons (Fsp3) is 0.286. The maximum atomic E-state index is 13.5. The summed E-state index contributed by atoms with van der Waals surface area (Å²) in [6.45, 7) is 4.24. The summed E-state index contributed by atoms with van der Waals surface area (Å²) in [6.07, 6.45) is 1.32. The van der Waals surface area contributed by atoms with Crippen molar-refractivity contribution in [3.63, 3.8) is 0 Å². The van der Waals surface area contributed by atoms with Gasteiger partial charge in [0.1, 0.15) is 11.8 Å². The summed E-state index contributed by atoms with van der Waals surface area (Å²) in [5.74, 6) is 0.134. The number of aryl methyl sites for hydroxylation is 2. The highest BCUT2D eigenvalue weighted by molar-refractivity contribution is 9.10. The molecule has 34 heavy (non-hydrogen) atoms. The third-order valence-corrected chi connectivity index (χ3v) is 6.37. The maximum absolute atomic E-state index is 13.5. The number of carbonyl (C=O) groups excluding carboxylic acids is 2. The fourth-order valence-electron chi connectivity index (χ4n) is 3.71. The number of rotatable bonds is 10. The van der Waals surface area contributed by atoms with E-state index in [1.165, 1.54) is 5.56 Å². The minimum absolute atomic E-state index is 0.168. The molecule has 0 aliphatic carbocycles. The van der Waals surface area contributed by atoms with Gasteiger partial charge in [-0.05, 0) is 58.1 Å². The van der Waals surface area contributed by atoms with E-state index in [2.05, 4.69) is 28.2 Å². The smallest absolute Gasteiger partial charge is 0.261 e. The van der Waals surface area contributed by atoms with Crippen LogP contribution in [0.2, 0.25) is 0 Å². The first kappa shape index (κ1) is 25.5. The van der Waals surface area contributed by atoms with Gasteiger partial charge in [0.2, 0.25) is 5.91 Å². The number of nitrogens with one attached hydrogen (secondary N) is 1. The lowest BCUT2D eigenvalue weighted by Crippen LogP contribution is -2.51. The van der Waals surface area contributed by atoms with Gasteiger partial charge in [-0.3, -0.25) is 9.59 Å². The van der Waals surface area contributed by atoms with Crippen molar-refractivity contribution in [3.05, 3.63) is 99.5 Å². The second-order valence-corrected chi connectivity index (χ2v) is 9.09. The van der Waals surface area contributed by atoms with Gasteiger partial charge in [0.15, 0.2) is 6.61 Å². The van der Waals surface area contributed by atoms with Crippen molar-refractivity contribution >= 4 is 27.7 Å². The second-order valence-electron chi connectivity index (χ2n) is 8.23. The highest BCUT2D eigenvalue weighted by atomic mass is 79.9. The van der Waals surface area contributed by atoms with Crippen LogP contribution in [0.15, 0.2) is 77.3 Å². The molecule has 0 aliphatic rings. The van der Waals surface area contributed by atoms with Gasteiger partial charge in [0, 0.05) is 20.0 Å². The quantitative estimate of drug-likeness (QED) is 0.403. The van der Waals surface area contributed by atoms with E-state index < -0.39 is 6.04 Å². The Morgan fingerprint density at radius 2 is 1.65 bits per heavy atom. The van der Waals surface area contributed by atoms with Crippen LogP contribution in [0.5, 0.6) is 5.75 Å². The highest BCUT2D eigenvalue weighted by Crippen LogP contribution is 2.26. The Labute approximate surface area is 210 Å². The molecule has 0 saturated carbocycles. The first-order valence-electron chi connectivity index (χ1n) is 11.4. The first-order chi connectivity index (χ1) is 16.4. The van der Waals surface area contributed by atoms with E-state index in [4.69, 9.17) is 4.74 Å². The molecule has 0 aromatic heterocycles. The van der Waals surface area contributed by atoms with Crippen molar-refractivity contribution in [1.82, 2.24) is 10.2 Å². The van der Waals surface area contributed by atoms with Crippen molar-refractivity contribution in [1.29, 1.82) is 0 Å². The number of hydrogen-bond acceptors (Lipinski definition) is 3. The number of halogens is 1. The molecule has 0 radical (unpaired) electrons. The fourth-order valence-corrected chi connectivity index (χ4v) is 4.26. The van der Waals surface area contributed by atoms with Crippen LogP contribution in [0.4, 0.5) is 0 Å². The van der Waals surface area contributed by atoms with Gasteiger partial charge in [0.25, 0.3) is 5.91 Å². The molecule has 0 saturated heterocycles. The van der Waals surface area contributed by atoms with Crippen LogP contribution in [0.1, 0.15) is 29.2 Å². The normalized spacial score (nSPS) is 11.5. The molecule has 0 spiro atoms. The summed E-state index contributed by atoms with van der Waals surface area (Å²) in [7, 11) is 1.59. The average Bonchev–Trinajstić information content (AvgIpc) is 2.86. The Kier molecular flexibility index (Phi) is 9.28. The zero-order valence-corrected chi connectivity index (χ0v) is 21.5. The lowest BCUT2D eigenvalue weighted by molar-refractivity contribution is -0.142. The molecule has 3 rings (SSSR count). The molecular formula is C28H31BrN2O3. The number of benzene rings is 3. The Balaban J connectivity index is 1.86. The lowest BCUT2D eigenvalue weighted by atomic mass is 10.0. The summed E-state index contributed by atoms with van der Waals surface area (Å²) < 4.78 is 6.68. The monoisotopic (exact) mass is 522 g/mol. The third-order valence-electron chi connectivity index (χ3n) is 5.75. The molecule has 5 nitrogen and oxygen atoms in total. The molecule has 178 valence electrons. The number of nitrogens with zero attached hydrogens (tertiary/aromatic N) is 1. The van der Waals surface area contributed by atoms with Gasteiger partial charge in [-0.25, -0.2) is 0 Å². The second kappa shape index (κ2) is 12.4. The Morgan fingerprint density at radius 3 is 2.26 bits per heavy atom. The van der Waals surface area contributed by atoms with E-state index in [-0.39, 0.29) is 18.4 Å². The molecular weight excluding hydrogens is 492 g/mol. The third kappa shape index (κ3) is 6.94. The number of hydrogen-bond donors (Lipinski definition) is 1. The van der Waals surface area contributed by atoms with Crippen molar-refractivity contribution in [2.24, 2.45) is 0 Å². The summed E-state index contributed by atoms with van der Waals surface area (Å²) in [4.78, 5) is 28.0. The minimum atomic E-state index is -0.671.